The molecule has 0 atom stereocenters. The van der Waals surface area contributed by atoms with E-state index in [0.29, 0.717) is 5.92 Å². The monoisotopic (exact) mass is 316 g/mol. The van der Waals surface area contributed by atoms with E-state index >= 15 is 0 Å². The van der Waals surface area contributed by atoms with Crippen LogP contribution in [0.15, 0.2) is 30.0 Å². The van der Waals surface area contributed by atoms with Gasteiger partial charge in [0.25, 0.3) is 0 Å². The summed E-state index contributed by atoms with van der Waals surface area (Å²) in [5.41, 5.74) is 3.04. The molecule has 0 aromatic heterocycles. The van der Waals surface area contributed by atoms with Gasteiger partial charge in [0.15, 0.2) is 0 Å². The van der Waals surface area contributed by atoms with E-state index in [1.54, 1.807) is 7.11 Å². The fraction of sp³-hybridized carbons (Fsp3) is 0.526. The van der Waals surface area contributed by atoms with Gasteiger partial charge in [-0.1, -0.05) is 26.0 Å². The number of hydrogen-bond acceptors (Lipinski definition) is 2. The molecule has 0 unspecified atom stereocenters. The molecule has 0 saturated heterocycles. The van der Waals surface area contributed by atoms with Gasteiger partial charge in [-0.25, -0.2) is 4.79 Å². The molecule has 0 spiro atoms. The first kappa shape index (κ1) is 17.4. The highest BCUT2D eigenvalue weighted by Crippen LogP contribution is 2.28. The van der Waals surface area contributed by atoms with Crippen molar-refractivity contribution in [3.8, 4) is 0 Å². The normalized spacial score (nSPS) is 14.1. The van der Waals surface area contributed by atoms with Crippen LogP contribution >= 0.6 is 0 Å². The van der Waals surface area contributed by atoms with E-state index in [2.05, 4.69) is 50.5 Å². The number of nitrogens with one attached hydrogen (secondary N) is 2. The number of carbonyl (C=O) groups is 1. The zero-order valence-corrected chi connectivity index (χ0v) is 14.8. The summed E-state index contributed by atoms with van der Waals surface area (Å²) in [6, 6.07) is 5.88. The largest absolute Gasteiger partial charge is 0.501 e. The molecule has 126 valence electrons. The van der Waals surface area contributed by atoms with Gasteiger partial charge in [-0.3, -0.25) is 0 Å². The van der Waals surface area contributed by atoms with E-state index in [1.165, 1.54) is 11.1 Å². The van der Waals surface area contributed by atoms with E-state index < -0.39 is 0 Å². The summed E-state index contributed by atoms with van der Waals surface area (Å²) in [5, 5.41) is 6.08. The van der Waals surface area contributed by atoms with Crippen LogP contribution in [0.4, 0.5) is 10.5 Å². The number of urea groups is 1. The maximum Gasteiger partial charge on any atom is 0.319 e. The van der Waals surface area contributed by atoms with Crippen LogP contribution in [-0.4, -0.2) is 18.7 Å². The summed E-state index contributed by atoms with van der Waals surface area (Å²) < 4.78 is 5.33. The van der Waals surface area contributed by atoms with Crippen molar-refractivity contribution < 1.29 is 9.53 Å². The lowest BCUT2D eigenvalue weighted by atomic mass is 9.93. The summed E-state index contributed by atoms with van der Waals surface area (Å²) in [4.78, 5) is 12.4. The third kappa shape index (κ3) is 4.75. The minimum absolute atomic E-state index is 0.148. The molecular formula is C19H28N2O2. The summed E-state index contributed by atoms with van der Waals surface area (Å²) >= 11 is 0. The van der Waals surface area contributed by atoms with E-state index in [1.807, 2.05) is 12.1 Å². The van der Waals surface area contributed by atoms with E-state index in [4.69, 9.17) is 4.74 Å². The molecule has 2 amide bonds. The molecule has 4 nitrogen and oxygen atoms in total. The second kappa shape index (κ2) is 7.07. The quantitative estimate of drug-likeness (QED) is 0.852. The Morgan fingerprint density at radius 1 is 1.35 bits per heavy atom. The summed E-state index contributed by atoms with van der Waals surface area (Å²) in [6.07, 6.45) is 4.58. The first-order chi connectivity index (χ1) is 10.8. The fourth-order valence-electron chi connectivity index (χ4n) is 3.32. The van der Waals surface area contributed by atoms with Gasteiger partial charge in [0, 0.05) is 17.6 Å². The van der Waals surface area contributed by atoms with Crippen LogP contribution in [0.5, 0.6) is 0 Å². The van der Waals surface area contributed by atoms with Gasteiger partial charge in [-0.15, -0.1) is 0 Å². The number of rotatable bonds is 5. The van der Waals surface area contributed by atoms with Crippen molar-refractivity contribution in [1.82, 2.24) is 5.32 Å². The van der Waals surface area contributed by atoms with Gasteiger partial charge in [0.05, 0.1) is 12.9 Å². The first-order valence-electron chi connectivity index (χ1n) is 8.23. The summed E-state index contributed by atoms with van der Waals surface area (Å²) in [5.74, 6) is 1.52. The SMILES string of the molecule is COC1=CCc2c(cccc2NC(=O)NC(C)(C)CC(C)C)C1. The highest BCUT2D eigenvalue weighted by atomic mass is 16.5. The predicted octanol–water partition coefficient (Wildman–Crippen LogP) is 4.26. The molecule has 1 aromatic carbocycles. The molecule has 0 heterocycles. The maximum atomic E-state index is 12.4. The Kier molecular flexibility index (Phi) is 5.34. The van der Waals surface area contributed by atoms with Crippen molar-refractivity contribution in [2.75, 3.05) is 12.4 Å². The minimum atomic E-state index is -0.226. The van der Waals surface area contributed by atoms with Crippen molar-refractivity contribution in [2.24, 2.45) is 5.92 Å². The van der Waals surface area contributed by atoms with Crippen LogP contribution < -0.4 is 10.6 Å². The Morgan fingerprint density at radius 2 is 2.09 bits per heavy atom. The number of anilines is 1. The highest BCUT2D eigenvalue weighted by Gasteiger charge is 2.22. The van der Waals surface area contributed by atoms with Crippen LogP contribution in [0, 0.1) is 5.92 Å². The Balaban J connectivity index is 2.07. The molecule has 0 saturated carbocycles. The lowest BCUT2D eigenvalue weighted by Gasteiger charge is -2.28. The number of fused-ring (bicyclic) bond motifs is 1. The number of allylic oxidation sites excluding steroid dienone is 2. The molecule has 4 heteroatoms. The van der Waals surface area contributed by atoms with Gasteiger partial charge in [0.1, 0.15) is 0 Å². The zero-order valence-electron chi connectivity index (χ0n) is 14.8. The Labute approximate surface area is 139 Å². The molecule has 0 aliphatic heterocycles. The number of benzene rings is 1. The van der Waals surface area contributed by atoms with Gasteiger partial charge in [-0.2, -0.15) is 0 Å². The predicted molar refractivity (Wildman–Crippen MR) is 94.6 cm³/mol. The second-order valence-corrected chi connectivity index (χ2v) is 7.26. The molecule has 1 aliphatic rings. The lowest BCUT2D eigenvalue weighted by Crippen LogP contribution is -2.46. The second-order valence-electron chi connectivity index (χ2n) is 7.26. The van der Waals surface area contributed by atoms with Crippen LogP contribution in [-0.2, 0) is 17.6 Å². The molecular weight excluding hydrogens is 288 g/mol. The number of carbonyl (C=O) groups excluding carboxylic acids is 1. The Bertz CT molecular complexity index is 603. The maximum absolute atomic E-state index is 12.4. The van der Waals surface area contributed by atoms with Gasteiger partial charge >= 0.3 is 6.03 Å². The number of methoxy groups -OCH3 is 1. The molecule has 0 fully saturated rings. The smallest absolute Gasteiger partial charge is 0.319 e. The van der Waals surface area contributed by atoms with E-state index in [9.17, 15) is 4.79 Å². The summed E-state index contributed by atoms with van der Waals surface area (Å²) in [6.45, 7) is 8.44. The lowest BCUT2D eigenvalue weighted by molar-refractivity contribution is 0.236. The molecule has 1 aromatic rings. The molecule has 0 bridgehead atoms. The average molecular weight is 316 g/mol. The molecule has 23 heavy (non-hydrogen) atoms. The molecule has 0 radical (unpaired) electrons. The van der Waals surface area contributed by atoms with Crippen molar-refractivity contribution in [1.29, 1.82) is 0 Å². The van der Waals surface area contributed by atoms with Gasteiger partial charge < -0.3 is 15.4 Å². The number of amides is 2. The average Bonchev–Trinajstić information content (AvgIpc) is 2.44. The van der Waals surface area contributed by atoms with Crippen molar-refractivity contribution in [2.45, 2.75) is 52.5 Å². The highest BCUT2D eigenvalue weighted by molar-refractivity contribution is 5.91. The Morgan fingerprint density at radius 3 is 2.74 bits per heavy atom. The van der Waals surface area contributed by atoms with Crippen molar-refractivity contribution >= 4 is 11.7 Å². The minimum Gasteiger partial charge on any atom is -0.501 e. The number of ether oxygens (including phenoxy) is 1. The molecule has 2 rings (SSSR count). The van der Waals surface area contributed by atoms with E-state index in [0.717, 1.165) is 30.7 Å². The topological polar surface area (TPSA) is 50.4 Å². The fourth-order valence-corrected chi connectivity index (χ4v) is 3.32. The third-order valence-electron chi connectivity index (χ3n) is 4.05. The van der Waals surface area contributed by atoms with E-state index in [-0.39, 0.29) is 11.6 Å². The number of hydrogen-bond donors (Lipinski definition) is 2. The Hall–Kier alpha value is -1.97. The van der Waals surface area contributed by atoms with Crippen LogP contribution in [0.2, 0.25) is 0 Å². The summed E-state index contributed by atoms with van der Waals surface area (Å²) in [7, 11) is 1.70. The molecule has 2 N–H and O–H groups in total. The van der Waals surface area contributed by atoms with Gasteiger partial charge in [-0.05, 0) is 55.9 Å². The van der Waals surface area contributed by atoms with Crippen molar-refractivity contribution in [3.05, 3.63) is 41.2 Å². The molecule has 1 aliphatic carbocycles. The third-order valence-corrected chi connectivity index (χ3v) is 4.05. The van der Waals surface area contributed by atoms with Crippen LogP contribution in [0.3, 0.4) is 0 Å². The first-order valence-corrected chi connectivity index (χ1v) is 8.23. The van der Waals surface area contributed by atoms with Crippen molar-refractivity contribution in [3.63, 3.8) is 0 Å². The van der Waals surface area contributed by atoms with Gasteiger partial charge in [0.2, 0.25) is 0 Å². The van der Waals surface area contributed by atoms with Crippen LogP contribution in [0.1, 0.15) is 45.2 Å². The standard InChI is InChI=1S/C19H28N2O2/c1-13(2)12-19(3,4)21-18(22)20-17-8-6-7-14-11-15(23-5)9-10-16(14)17/h6-9,13H,10-12H2,1-5H3,(H2,20,21,22). The van der Waals surface area contributed by atoms with Crippen LogP contribution in [0.25, 0.3) is 0 Å². The zero-order chi connectivity index (χ0) is 17.0.